The molecule has 1 aliphatic rings. The largest absolute Gasteiger partial charge is 0.326 e. The van der Waals surface area contributed by atoms with Crippen LogP contribution in [0.15, 0.2) is 48.5 Å². The molecule has 1 N–H and O–H groups in total. The third-order valence-electron chi connectivity index (χ3n) is 3.97. The molecule has 2 nitrogen and oxygen atoms in total. The van der Waals surface area contributed by atoms with Crippen LogP contribution in [0.5, 0.6) is 0 Å². The number of amides is 1. The molecule has 2 aromatic rings. The smallest absolute Gasteiger partial charge is 0.224 e. The van der Waals surface area contributed by atoms with Gasteiger partial charge >= 0.3 is 0 Å². The van der Waals surface area contributed by atoms with Gasteiger partial charge in [-0.1, -0.05) is 42.5 Å². The molecule has 0 spiro atoms. The van der Waals surface area contributed by atoms with Gasteiger partial charge in [-0.2, -0.15) is 0 Å². The molecule has 0 aromatic heterocycles. The summed E-state index contributed by atoms with van der Waals surface area (Å²) in [5.41, 5.74) is 4.78. The van der Waals surface area contributed by atoms with Crippen LogP contribution in [0, 0.1) is 6.92 Å². The van der Waals surface area contributed by atoms with Crippen LogP contribution in [0.1, 0.15) is 35.4 Å². The van der Waals surface area contributed by atoms with Crippen molar-refractivity contribution >= 4 is 11.6 Å². The summed E-state index contributed by atoms with van der Waals surface area (Å²) >= 11 is 0. The molecule has 102 valence electrons. The number of aryl methyl sites for hydroxylation is 1. The molecular weight excluding hydrogens is 246 g/mol. The monoisotopic (exact) mass is 265 g/mol. The molecule has 1 heterocycles. The SMILES string of the molecule is Cc1ccc2c(c1)NC(=O)CC[C@@H]2Cc1ccccc1. The lowest BCUT2D eigenvalue weighted by atomic mass is 9.88. The number of fused-ring (bicyclic) bond motifs is 1. The number of hydrogen-bond acceptors (Lipinski definition) is 1. The predicted molar refractivity (Wildman–Crippen MR) is 81.9 cm³/mol. The fourth-order valence-electron chi connectivity index (χ4n) is 2.92. The average molecular weight is 265 g/mol. The van der Waals surface area contributed by atoms with Crippen molar-refractivity contribution in [2.24, 2.45) is 0 Å². The standard InChI is InChI=1S/C18H19NO/c1-13-7-9-16-15(12-14-5-3-2-4-6-14)8-10-18(20)19-17(16)11-13/h2-7,9,11,15H,8,10,12H2,1H3,(H,19,20)/t15-/m1/s1. The molecule has 0 bridgehead atoms. The van der Waals surface area contributed by atoms with Gasteiger partial charge in [0.05, 0.1) is 0 Å². The van der Waals surface area contributed by atoms with Crippen LogP contribution < -0.4 is 5.32 Å². The van der Waals surface area contributed by atoms with Crippen molar-refractivity contribution in [1.29, 1.82) is 0 Å². The number of carbonyl (C=O) groups is 1. The van der Waals surface area contributed by atoms with Crippen molar-refractivity contribution in [3.05, 3.63) is 65.2 Å². The van der Waals surface area contributed by atoms with E-state index in [4.69, 9.17) is 0 Å². The van der Waals surface area contributed by atoms with Crippen LogP contribution in [0.3, 0.4) is 0 Å². The zero-order valence-electron chi connectivity index (χ0n) is 11.7. The molecule has 1 amide bonds. The second-order valence-corrected chi connectivity index (χ2v) is 5.56. The highest BCUT2D eigenvalue weighted by Gasteiger charge is 2.22. The van der Waals surface area contributed by atoms with Gasteiger partial charge in [-0.25, -0.2) is 0 Å². The van der Waals surface area contributed by atoms with Crippen LogP contribution in [0.2, 0.25) is 0 Å². The minimum absolute atomic E-state index is 0.132. The number of carbonyl (C=O) groups excluding carboxylic acids is 1. The lowest BCUT2D eigenvalue weighted by Crippen LogP contribution is -2.09. The summed E-state index contributed by atoms with van der Waals surface area (Å²) in [6.07, 6.45) is 2.51. The van der Waals surface area contributed by atoms with Crippen molar-refractivity contribution in [2.45, 2.75) is 32.1 Å². The number of hydrogen-bond donors (Lipinski definition) is 1. The van der Waals surface area contributed by atoms with E-state index in [0.29, 0.717) is 12.3 Å². The van der Waals surface area contributed by atoms with Gasteiger partial charge in [0.15, 0.2) is 0 Å². The molecule has 1 aliphatic heterocycles. The second kappa shape index (κ2) is 5.49. The minimum atomic E-state index is 0.132. The van der Waals surface area contributed by atoms with Crippen molar-refractivity contribution in [1.82, 2.24) is 0 Å². The fourth-order valence-corrected chi connectivity index (χ4v) is 2.92. The number of benzene rings is 2. The normalized spacial score (nSPS) is 18.1. The zero-order chi connectivity index (χ0) is 13.9. The molecule has 0 fully saturated rings. The first kappa shape index (κ1) is 12.9. The quantitative estimate of drug-likeness (QED) is 0.872. The van der Waals surface area contributed by atoms with E-state index in [2.05, 4.69) is 54.7 Å². The van der Waals surface area contributed by atoms with Crippen molar-refractivity contribution in [3.8, 4) is 0 Å². The summed E-state index contributed by atoms with van der Waals surface area (Å²) in [5.74, 6) is 0.541. The molecule has 3 rings (SSSR count). The van der Waals surface area contributed by atoms with Gasteiger partial charge in [-0.3, -0.25) is 4.79 Å². The van der Waals surface area contributed by atoms with Crippen molar-refractivity contribution in [3.63, 3.8) is 0 Å². The Morgan fingerprint density at radius 1 is 1.15 bits per heavy atom. The van der Waals surface area contributed by atoms with Gasteiger partial charge in [0, 0.05) is 12.1 Å². The van der Waals surface area contributed by atoms with E-state index in [1.54, 1.807) is 0 Å². The lowest BCUT2D eigenvalue weighted by Gasteiger charge is -2.17. The summed E-state index contributed by atoms with van der Waals surface area (Å²) in [7, 11) is 0. The first-order chi connectivity index (χ1) is 9.72. The number of rotatable bonds is 2. The lowest BCUT2D eigenvalue weighted by molar-refractivity contribution is -0.116. The highest BCUT2D eigenvalue weighted by molar-refractivity contribution is 5.92. The van der Waals surface area contributed by atoms with Crippen LogP contribution in [0.4, 0.5) is 5.69 Å². The third-order valence-corrected chi connectivity index (χ3v) is 3.97. The summed E-state index contributed by atoms with van der Waals surface area (Å²) in [5, 5.41) is 3.04. The Hall–Kier alpha value is -2.09. The fraction of sp³-hybridized carbons (Fsp3) is 0.278. The van der Waals surface area contributed by atoms with Gasteiger partial charge in [0.1, 0.15) is 0 Å². The first-order valence-electron chi connectivity index (χ1n) is 7.17. The van der Waals surface area contributed by atoms with Crippen molar-refractivity contribution < 1.29 is 4.79 Å². The maximum atomic E-state index is 11.8. The molecule has 0 unspecified atom stereocenters. The van der Waals surface area contributed by atoms with E-state index >= 15 is 0 Å². The van der Waals surface area contributed by atoms with E-state index in [1.165, 1.54) is 16.7 Å². The Morgan fingerprint density at radius 2 is 1.95 bits per heavy atom. The van der Waals surface area contributed by atoms with E-state index in [1.807, 2.05) is 6.07 Å². The Bertz CT molecular complexity index is 619. The molecule has 1 atom stereocenters. The predicted octanol–water partition coefficient (Wildman–Crippen LogP) is 4.05. The third kappa shape index (κ3) is 2.74. The van der Waals surface area contributed by atoms with Gasteiger partial charge in [-0.05, 0) is 48.4 Å². The summed E-state index contributed by atoms with van der Waals surface area (Å²) < 4.78 is 0. The highest BCUT2D eigenvalue weighted by Crippen LogP contribution is 2.34. The highest BCUT2D eigenvalue weighted by atomic mass is 16.1. The molecule has 0 saturated heterocycles. The van der Waals surface area contributed by atoms with Gasteiger partial charge in [-0.15, -0.1) is 0 Å². The van der Waals surface area contributed by atoms with E-state index in [0.717, 1.165) is 18.5 Å². The Balaban J connectivity index is 1.94. The number of anilines is 1. The first-order valence-corrected chi connectivity index (χ1v) is 7.17. The van der Waals surface area contributed by atoms with Gasteiger partial charge in [0.2, 0.25) is 5.91 Å². The second-order valence-electron chi connectivity index (χ2n) is 5.56. The maximum absolute atomic E-state index is 11.8. The molecule has 2 heteroatoms. The van der Waals surface area contributed by atoms with E-state index in [-0.39, 0.29) is 5.91 Å². The van der Waals surface area contributed by atoms with Crippen molar-refractivity contribution in [2.75, 3.05) is 5.32 Å². The Morgan fingerprint density at radius 3 is 2.75 bits per heavy atom. The summed E-state index contributed by atoms with van der Waals surface area (Å²) in [4.78, 5) is 11.8. The molecule has 2 aromatic carbocycles. The van der Waals surface area contributed by atoms with Crippen LogP contribution >= 0.6 is 0 Å². The molecule has 0 saturated carbocycles. The molecule has 0 aliphatic carbocycles. The Labute approximate surface area is 119 Å². The maximum Gasteiger partial charge on any atom is 0.224 e. The summed E-state index contributed by atoms with van der Waals surface area (Å²) in [6.45, 7) is 2.06. The number of nitrogens with one attached hydrogen (secondary N) is 1. The average Bonchev–Trinajstić information content (AvgIpc) is 2.59. The van der Waals surface area contributed by atoms with Crippen LogP contribution in [0.25, 0.3) is 0 Å². The Kier molecular flexibility index (Phi) is 3.55. The topological polar surface area (TPSA) is 29.1 Å². The molecular formula is C18H19NO. The van der Waals surface area contributed by atoms with Crippen LogP contribution in [-0.4, -0.2) is 5.91 Å². The van der Waals surface area contributed by atoms with E-state index < -0.39 is 0 Å². The molecule has 20 heavy (non-hydrogen) atoms. The van der Waals surface area contributed by atoms with Gasteiger partial charge < -0.3 is 5.32 Å². The van der Waals surface area contributed by atoms with E-state index in [9.17, 15) is 4.79 Å². The molecule has 0 radical (unpaired) electrons. The zero-order valence-corrected chi connectivity index (χ0v) is 11.7. The summed E-state index contributed by atoms with van der Waals surface area (Å²) in [6, 6.07) is 16.9. The minimum Gasteiger partial charge on any atom is -0.326 e. The van der Waals surface area contributed by atoms with Gasteiger partial charge in [0.25, 0.3) is 0 Å². The van der Waals surface area contributed by atoms with Crippen LogP contribution in [-0.2, 0) is 11.2 Å².